The summed E-state index contributed by atoms with van der Waals surface area (Å²) in [6.45, 7) is 2.96. The third-order valence-corrected chi connectivity index (χ3v) is 4.65. The zero-order chi connectivity index (χ0) is 21.6. The minimum absolute atomic E-state index is 0.0110. The first-order valence-electron chi connectivity index (χ1n) is 9.00. The number of hydrogen-bond donors (Lipinski definition) is 1. The average Bonchev–Trinajstić information content (AvgIpc) is 2.67. The third kappa shape index (κ3) is 5.51. The van der Waals surface area contributed by atoms with E-state index in [9.17, 15) is 18.8 Å². The van der Waals surface area contributed by atoms with E-state index in [0.717, 1.165) is 0 Å². The summed E-state index contributed by atoms with van der Waals surface area (Å²) in [7, 11) is 1.50. The molecule has 0 saturated carbocycles. The van der Waals surface area contributed by atoms with Crippen LogP contribution in [-0.2, 0) is 27.3 Å². The summed E-state index contributed by atoms with van der Waals surface area (Å²) in [4.78, 5) is 39.7. The van der Waals surface area contributed by atoms with E-state index in [0.29, 0.717) is 22.4 Å². The number of benzene rings is 1. The fourth-order valence-electron chi connectivity index (χ4n) is 2.94. The number of carbonyl (C=O) groups is 2. The van der Waals surface area contributed by atoms with Crippen molar-refractivity contribution in [2.24, 2.45) is 0 Å². The highest BCUT2D eigenvalue weighted by atomic mass is 19.1. The highest BCUT2D eigenvalue weighted by Gasteiger charge is 2.16. The molecule has 1 aromatic heterocycles. The quantitative estimate of drug-likeness (QED) is 0.719. The second kappa shape index (κ2) is 9.64. The predicted molar refractivity (Wildman–Crippen MR) is 103 cm³/mol. The molecule has 0 atom stereocenters. The number of hydrogen-bond acceptors (Lipinski definition) is 5. The zero-order valence-electron chi connectivity index (χ0n) is 16.5. The number of H-pyrrole nitrogens is 1. The van der Waals surface area contributed by atoms with Gasteiger partial charge in [0, 0.05) is 31.3 Å². The van der Waals surface area contributed by atoms with Crippen LogP contribution in [0.2, 0.25) is 0 Å². The maximum Gasteiger partial charge on any atom is 0.306 e. The number of esters is 1. The molecule has 0 bridgehead atoms. The summed E-state index contributed by atoms with van der Waals surface area (Å²) in [5, 5.41) is 9.08. The fourth-order valence-corrected chi connectivity index (χ4v) is 2.94. The standard InChI is InChI=1S/C21H22FN3O4/c1-13-16(14(2)24-21(28)17(13)10-23)8-9-20(27)29-12-19(26)25(3)11-15-6-4-5-7-18(15)22/h4-7H,8-9,11-12H2,1-3H3,(H,24,28). The second-order valence-electron chi connectivity index (χ2n) is 6.67. The van der Waals surface area contributed by atoms with Crippen LogP contribution in [0.25, 0.3) is 0 Å². The van der Waals surface area contributed by atoms with Gasteiger partial charge in [-0.2, -0.15) is 5.26 Å². The monoisotopic (exact) mass is 399 g/mol. The van der Waals surface area contributed by atoms with Crippen molar-refractivity contribution in [2.45, 2.75) is 33.2 Å². The van der Waals surface area contributed by atoms with E-state index in [1.165, 1.54) is 18.0 Å². The first-order valence-corrected chi connectivity index (χ1v) is 9.00. The first kappa shape index (κ1) is 21.8. The lowest BCUT2D eigenvalue weighted by Gasteiger charge is -2.17. The molecule has 1 heterocycles. The van der Waals surface area contributed by atoms with Crippen molar-refractivity contribution in [3.63, 3.8) is 0 Å². The van der Waals surface area contributed by atoms with Crippen LogP contribution in [-0.4, -0.2) is 35.4 Å². The number of aryl methyl sites for hydroxylation is 1. The molecular formula is C21H22FN3O4. The lowest BCUT2D eigenvalue weighted by Crippen LogP contribution is -2.31. The Morgan fingerprint density at radius 1 is 1.28 bits per heavy atom. The molecule has 0 fully saturated rings. The Morgan fingerprint density at radius 3 is 2.62 bits per heavy atom. The fraction of sp³-hybridized carbons (Fsp3) is 0.333. The topological polar surface area (TPSA) is 103 Å². The van der Waals surface area contributed by atoms with Crippen molar-refractivity contribution < 1.29 is 18.7 Å². The summed E-state index contributed by atoms with van der Waals surface area (Å²) < 4.78 is 18.7. The van der Waals surface area contributed by atoms with E-state index in [4.69, 9.17) is 10.00 Å². The Labute approximate surface area is 167 Å². The van der Waals surface area contributed by atoms with Gasteiger partial charge in [0.15, 0.2) is 6.61 Å². The molecule has 0 spiro atoms. The molecule has 0 aliphatic heterocycles. The van der Waals surface area contributed by atoms with Gasteiger partial charge in [0.05, 0.1) is 0 Å². The molecule has 152 valence electrons. The molecule has 0 saturated heterocycles. The van der Waals surface area contributed by atoms with Crippen molar-refractivity contribution >= 4 is 11.9 Å². The molecule has 1 amide bonds. The number of carbonyl (C=O) groups excluding carboxylic acids is 2. The van der Waals surface area contributed by atoms with Gasteiger partial charge in [-0.25, -0.2) is 4.39 Å². The second-order valence-corrected chi connectivity index (χ2v) is 6.67. The molecule has 0 radical (unpaired) electrons. The summed E-state index contributed by atoms with van der Waals surface area (Å²) in [6.07, 6.45) is 0.254. The van der Waals surface area contributed by atoms with Gasteiger partial charge < -0.3 is 14.6 Å². The van der Waals surface area contributed by atoms with Gasteiger partial charge in [0.25, 0.3) is 11.5 Å². The number of halogens is 1. The number of ether oxygens (including phenoxy) is 1. The number of amides is 1. The van der Waals surface area contributed by atoms with Gasteiger partial charge >= 0.3 is 5.97 Å². The highest BCUT2D eigenvalue weighted by Crippen LogP contribution is 2.15. The Kier molecular flexibility index (Phi) is 7.26. The van der Waals surface area contributed by atoms with Crippen LogP contribution in [0.1, 0.15) is 34.4 Å². The van der Waals surface area contributed by atoms with E-state index in [-0.39, 0.29) is 24.9 Å². The van der Waals surface area contributed by atoms with Crippen LogP contribution < -0.4 is 5.56 Å². The molecular weight excluding hydrogens is 377 g/mol. The molecule has 2 aromatic rings. The van der Waals surface area contributed by atoms with Crippen molar-refractivity contribution in [3.05, 3.63) is 68.4 Å². The van der Waals surface area contributed by atoms with Crippen LogP contribution in [0.15, 0.2) is 29.1 Å². The van der Waals surface area contributed by atoms with E-state index in [1.54, 1.807) is 32.0 Å². The van der Waals surface area contributed by atoms with Gasteiger partial charge in [-0.3, -0.25) is 14.4 Å². The number of aromatic nitrogens is 1. The van der Waals surface area contributed by atoms with E-state index >= 15 is 0 Å². The van der Waals surface area contributed by atoms with E-state index in [2.05, 4.69) is 4.98 Å². The normalized spacial score (nSPS) is 10.3. The molecule has 8 heteroatoms. The van der Waals surface area contributed by atoms with Gasteiger partial charge in [-0.05, 0) is 37.5 Å². The smallest absolute Gasteiger partial charge is 0.306 e. The number of nitrogens with zero attached hydrogens (tertiary/aromatic N) is 2. The van der Waals surface area contributed by atoms with Crippen molar-refractivity contribution in [2.75, 3.05) is 13.7 Å². The van der Waals surface area contributed by atoms with Gasteiger partial charge in [0.1, 0.15) is 17.4 Å². The average molecular weight is 399 g/mol. The van der Waals surface area contributed by atoms with Crippen molar-refractivity contribution in [3.8, 4) is 6.07 Å². The predicted octanol–water partition coefficient (Wildman–Crippen LogP) is 2.14. The maximum absolute atomic E-state index is 13.7. The lowest BCUT2D eigenvalue weighted by molar-refractivity contribution is -0.151. The van der Waals surface area contributed by atoms with Crippen molar-refractivity contribution in [1.82, 2.24) is 9.88 Å². The minimum atomic E-state index is -0.582. The van der Waals surface area contributed by atoms with E-state index < -0.39 is 29.9 Å². The van der Waals surface area contributed by atoms with Crippen LogP contribution in [0.5, 0.6) is 0 Å². The van der Waals surface area contributed by atoms with Crippen LogP contribution in [0, 0.1) is 31.0 Å². The molecule has 1 aromatic carbocycles. The molecule has 7 nitrogen and oxygen atoms in total. The highest BCUT2D eigenvalue weighted by molar-refractivity contribution is 5.80. The maximum atomic E-state index is 13.7. The summed E-state index contributed by atoms with van der Waals surface area (Å²) >= 11 is 0. The Balaban J connectivity index is 1.89. The molecule has 2 rings (SSSR count). The Hall–Kier alpha value is -3.47. The van der Waals surface area contributed by atoms with Gasteiger partial charge in [-0.1, -0.05) is 18.2 Å². The number of likely N-dealkylation sites (N-methyl/N-ethyl adjacent to an activating group) is 1. The van der Waals surface area contributed by atoms with Crippen LogP contribution in [0.4, 0.5) is 4.39 Å². The Morgan fingerprint density at radius 2 is 1.97 bits per heavy atom. The number of nitriles is 1. The third-order valence-electron chi connectivity index (χ3n) is 4.65. The summed E-state index contributed by atoms with van der Waals surface area (Å²) in [5.74, 6) is -1.45. The number of aromatic amines is 1. The number of nitrogens with one attached hydrogen (secondary N) is 1. The largest absolute Gasteiger partial charge is 0.456 e. The minimum Gasteiger partial charge on any atom is -0.456 e. The van der Waals surface area contributed by atoms with Gasteiger partial charge in [-0.15, -0.1) is 0 Å². The lowest BCUT2D eigenvalue weighted by atomic mass is 9.99. The van der Waals surface area contributed by atoms with Gasteiger partial charge in [0.2, 0.25) is 0 Å². The SMILES string of the molecule is Cc1[nH]c(=O)c(C#N)c(C)c1CCC(=O)OCC(=O)N(C)Cc1ccccc1F. The number of rotatable bonds is 7. The summed E-state index contributed by atoms with van der Waals surface area (Å²) in [6, 6.07) is 7.99. The van der Waals surface area contributed by atoms with E-state index in [1.807, 2.05) is 6.07 Å². The van der Waals surface area contributed by atoms with Crippen LogP contribution in [0.3, 0.4) is 0 Å². The molecule has 1 N–H and O–H groups in total. The molecule has 0 unspecified atom stereocenters. The Bertz CT molecular complexity index is 1020. The number of pyridine rings is 1. The molecule has 0 aliphatic carbocycles. The van der Waals surface area contributed by atoms with Crippen LogP contribution >= 0.6 is 0 Å². The first-order chi connectivity index (χ1) is 13.7. The molecule has 29 heavy (non-hydrogen) atoms. The molecule has 0 aliphatic rings. The summed E-state index contributed by atoms with van der Waals surface area (Å²) in [5.41, 5.74) is 1.73. The van der Waals surface area contributed by atoms with Crippen molar-refractivity contribution in [1.29, 1.82) is 5.26 Å². The zero-order valence-corrected chi connectivity index (χ0v) is 16.5.